The first-order valence-corrected chi connectivity index (χ1v) is 9.64. The van der Waals surface area contributed by atoms with Gasteiger partial charge in [-0.1, -0.05) is 44.0 Å². The minimum absolute atomic E-state index is 0.0293. The summed E-state index contributed by atoms with van der Waals surface area (Å²) in [5.41, 5.74) is 2.61. The minimum atomic E-state index is 0.0293. The fraction of sp³-hybridized carbons (Fsp3) is 0.364. The van der Waals surface area contributed by atoms with Gasteiger partial charge in [0.2, 0.25) is 0 Å². The molecule has 1 N–H and O–H groups in total. The molecule has 1 aliphatic carbocycles. The van der Waals surface area contributed by atoms with Crippen LogP contribution in [-0.4, -0.2) is 16.1 Å². The standard InChI is InChI=1S/C22H25N3O/c1-2-3-7-15-23-18-11-8-12-19-20(18)22(26)25(17-9-5-4-6-10-17)21(24-19)16-13-14-16/h4-6,8-12,16,23H,2-3,7,13-15H2,1H3. The second-order valence-electron chi connectivity index (χ2n) is 7.05. The van der Waals surface area contributed by atoms with Crippen LogP contribution in [0.25, 0.3) is 16.6 Å². The van der Waals surface area contributed by atoms with Gasteiger partial charge >= 0.3 is 0 Å². The number of rotatable bonds is 7. The van der Waals surface area contributed by atoms with Crippen molar-refractivity contribution in [1.82, 2.24) is 9.55 Å². The molecule has 4 nitrogen and oxygen atoms in total. The van der Waals surface area contributed by atoms with Gasteiger partial charge in [0.15, 0.2) is 0 Å². The first-order valence-electron chi connectivity index (χ1n) is 9.64. The van der Waals surface area contributed by atoms with Gasteiger partial charge < -0.3 is 5.32 Å². The summed E-state index contributed by atoms with van der Waals surface area (Å²) < 4.78 is 1.82. The van der Waals surface area contributed by atoms with Crippen molar-refractivity contribution in [3.63, 3.8) is 0 Å². The number of anilines is 1. The van der Waals surface area contributed by atoms with Crippen LogP contribution in [0, 0.1) is 0 Å². The number of benzene rings is 2. The first-order chi connectivity index (χ1) is 12.8. The van der Waals surface area contributed by atoms with Gasteiger partial charge in [-0.2, -0.15) is 0 Å². The molecule has 0 saturated heterocycles. The highest BCUT2D eigenvalue weighted by Gasteiger charge is 2.30. The quantitative estimate of drug-likeness (QED) is 0.621. The fourth-order valence-corrected chi connectivity index (χ4v) is 3.43. The topological polar surface area (TPSA) is 46.9 Å². The molecule has 0 aliphatic heterocycles. The Bertz CT molecular complexity index is 958. The zero-order chi connectivity index (χ0) is 17.9. The molecule has 1 heterocycles. The van der Waals surface area contributed by atoms with Gasteiger partial charge in [-0.05, 0) is 43.5 Å². The zero-order valence-electron chi connectivity index (χ0n) is 15.2. The maximum atomic E-state index is 13.5. The van der Waals surface area contributed by atoms with Crippen LogP contribution in [0.5, 0.6) is 0 Å². The monoisotopic (exact) mass is 347 g/mol. The number of aromatic nitrogens is 2. The lowest BCUT2D eigenvalue weighted by Crippen LogP contribution is -2.24. The summed E-state index contributed by atoms with van der Waals surface area (Å²) in [5.74, 6) is 1.30. The zero-order valence-corrected chi connectivity index (χ0v) is 15.2. The predicted octanol–water partition coefficient (Wildman–Crippen LogP) is 4.87. The van der Waals surface area contributed by atoms with Crippen molar-refractivity contribution in [2.45, 2.75) is 44.9 Å². The van der Waals surface area contributed by atoms with E-state index in [0.717, 1.165) is 48.5 Å². The third-order valence-corrected chi connectivity index (χ3v) is 4.98. The summed E-state index contributed by atoms with van der Waals surface area (Å²) in [6, 6.07) is 15.8. The third-order valence-electron chi connectivity index (χ3n) is 4.98. The van der Waals surface area contributed by atoms with E-state index in [0.29, 0.717) is 11.3 Å². The van der Waals surface area contributed by atoms with Gasteiger partial charge in [-0.25, -0.2) is 4.98 Å². The Morgan fingerprint density at radius 1 is 1.08 bits per heavy atom. The molecule has 1 fully saturated rings. The lowest BCUT2D eigenvalue weighted by Gasteiger charge is -2.15. The van der Waals surface area contributed by atoms with Crippen molar-refractivity contribution < 1.29 is 0 Å². The maximum absolute atomic E-state index is 13.5. The molecule has 1 saturated carbocycles. The number of fused-ring (bicyclic) bond motifs is 1. The average molecular weight is 347 g/mol. The molecule has 4 rings (SSSR count). The van der Waals surface area contributed by atoms with Crippen LogP contribution in [0.15, 0.2) is 53.3 Å². The minimum Gasteiger partial charge on any atom is -0.384 e. The van der Waals surface area contributed by atoms with E-state index >= 15 is 0 Å². The van der Waals surface area contributed by atoms with Crippen molar-refractivity contribution in [3.8, 4) is 5.69 Å². The van der Waals surface area contributed by atoms with Gasteiger partial charge in [0.05, 0.1) is 16.6 Å². The van der Waals surface area contributed by atoms with E-state index in [2.05, 4.69) is 12.2 Å². The van der Waals surface area contributed by atoms with Crippen LogP contribution in [0.1, 0.15) is 50.8 Å². The van der Waals surface area contributed by atoms with Crippen molar-refractivity contribution in [2.75, 3.05) is 11.9 Å². The first kappa shape index (κ1) is 16.8. The predicted molar refractivity (Wildman–Crippen MR) is 107 cm³/mol. The van der Waals surface area contributed by atoms with Gasteiger partial charge in [-0.3, -0.25) is 9.36 Å². The van der Waals surface area contributed by atoms with Gasteiger partial charge in [-0.15, -0.1) is 0 Å². The van der Waals surface area contributed by atoms with Gasteiger partial charge in [0, 0.05) is 18.2 Å². The lowest BCUT2D eigenvalue weighted by atomic mass is 10.1. The highest BCUT2D eigenvalue weighted by atomic mass is 16.1. The second-order valence-corrected chi connectivity index (χ2v) is 7.05. The Hall–Kier alpha value is -2.62. The number of para-hydroxylation sites is 1. The van der Waals surface area contributed by atoms with Crippen molar-refractivity contribution in [1.29, 1.82) is 0 Å². The summed E-state index contributed by atoms with van der Waals surface area (Å²) in [4.78, 5) is 18.4. The van der Waals surface area contributed by atoms with E-state index in [1.54, 1.807) is 0 Å². The lowest BCUT2D eigenvalue weighted by molar-refractivity contribution is 0.744. The molecule has 134 valence electrons. The van der Waals surface area contributed by atoms with Crippen LogP contribution in [0.2, 0.25) is 0 Å². The number of hydrogen-bond acceptors (Lipinski definition) is 3. The molecule has 2 aromatic carbocycles. The van der Waals surface area contributed by atoms with Gasteiger partial charge in [0.1, 0.15) is 5.82 Å². The summed E-state index contributed by atoms with van der Waals surface area (Å²) >= 11 is 0. The molecule has 4 heteroatoms. The van der Waals surface area contributed by atoms with E-state index in [4.69, 9.17) is 4.98 Å². The summed E-state index contributed by atoms with van der Waals surface area (Å²) in [6.45, 7) is 3.07. The maximum Gasteiger partial charge on any atom is 0.268 e. The molecule has 0 amide bonds. The Kier molecular flexibility index (Phi) is 4.74. The smallest absolute Gasteiger partial charge is 0.268 e. The van der Waals surface area contributed by atoms with Crippen LogP contribution in [-0.2, 0) is 0 Å². The molecule has 0 atom stereocenters. The van der Waals surface area contributed by atoms with Crippen LogP contribution in [0.3, 0.4) is 0 Å². The van der Waals surface area contributed by atoms with Crippen LogP contribution < -0.4 is 10.9 Å². The number of hydrogen-bond donors (Lipinski definition) is 1. The van der Waals surface area contributed by atoms with E-state index in [-0.39, 0.29) is 5.56 Å². The number of nitrogens with one attached hydrogen (secondary N) is 1. The molecule has 26 heavy (non-hydrogen) atoms. The Labute approximate surface area is 153 Å². The van der Waals surface area contributed by atoms with Gasteiger partial charge in [0.25, 0.3) is 5.56 Å². The molecule has 0 radical (unpaired) electrons. The normalized spacial score (nSPS) is 13.9. The Morgan fingerprint density at radius 3 is 2.62 bits per heavy atom. The third kappa shape index (κ3) is 3.24. The summed E-state index contributed by atoms with van der Waals surface area (Å²) in [6.07, 6.45) is 5.70. The van der Waals surface area contributed by atoms with E-state index in [9.17, 15) is 4.79 Å². The molecule has 0 unspecified atom stereocenters. The molecule has 0 spiro atoms. The summed E-state index contributed by atoms with van der Waals surface area (Å²) in [5, 5.41) is 4.14. The fourth-order valence-electron chi connectivity index (χ4n) is 3.43. The SMILES string of the molecule is CCCCCNc1cccc2nc(C3CC3)n(-c3ccccc3)c(=O)c12. The average Bonchev–Trinajstić information content (AvgIpc) is 3.51. The van der Waals surface area contributed by atoms with E-state index in [1.807, 2.05) is 53.1 Å². The highest BCUT2D eigenvalue weighted by molar-refractivity contribution is 5.91. The van der Waals surface area contributed by atoms with Crippen molar-refractivity contribution in [3.05, 3.63) is 64.7 Å². The van der Waals surface area contributed by atoms with Crippen molar-refractivity contribution >= 4 is 16.6 Å². The van der Waals surface area contributed by atoms with Crippen molar-refractivity contribution in [2.24, 2.45) is 0 Å². The van der Waals surface area contributed by atoms with E-state index < -0.39 is 0 Å². The highest BCUT2D eigenvalue weighted by Crippen LogP contribution is 2.40. The summed E-state index contributed by atoms with van der Waals surface area (Å²) in [7, 11) is 0. The molecular formula is C22H25N3O. The van der Waals surface area contributed by atoms with Crippen LogP contribution >= 0.6 is 0 Å². The number of unbranched alkanes of at least 4 members (excludes halogenated alkanes) is 2. The van der Waals surface area contributed by atoms with Crippen LogP contribution in [0.4, 0.5) is 5.69 Å². The second kappa shape index (κ2) is 7.32. The molecule has 0 bridgehead atoms. The Morgan fingerprint density at radius 2 is 1.88 bits per heavy atom. The Balaban J connectivity index is 1.85. The molecule has 3 aromatic rings. The molecule has 1 aromatic heterocycles. The molecule has 1 aliphatic rings. The molecular weight excluding hydrogens is 322 g/mol. The number of nitrogens with zero attached hydrogens (tertiary/aromatic N) is 2. The van der Waals surface area contributed by atoms with E-state index in [1.165, 1.54) is 12.8 Å². The largest absolute Gasteiger partial charge is 0.384 e.